The fraction of sp³-hybridized carbons (Fsp3) is 0.667. The zero-order valence-electron chi connectivity index (χ0n) is 13.2. The van der Waals surface area contributed by atoms with Gasteiger partial charge in [0.15, 0.2) is 0 Å². The van der Waals surface area contributed by atoms with Crippen LogP contribution < -0.4 is 0 Å². The van der Waals surface area contributed by atoms with E-state index in [0.29, 0.717) is 12.8 Å². The Balaban J connectivity index is 1.53. The summed E-state index contributed by atoms with van der Waals surface area (Å²) in [5, 5.41) is 0. The summed E-state index contributed by atoms with van der Waals surface area (Å²) < 4.78 is 10.6. The lowest BCUT2D eigenvalue weighted by Crippen LogP contribution is -2.12. The maximum atomic E-state index is 11.5. The van der Waals surface area contributed by atoms with E-state index in [4.69, 9.17) is 9.47 Å². The van der Waals surface area contributed by atoms with E-state index in [-0.39, 0.29) is 24.1 Å². The molecule has 0 aromatic carbocycles. The molecule has 0 spiro atoms. The van der Waals surface area contributed by atoms with E-state index < -0.39 is 0 Å². The molecule has 2 aliphatic carbocycles. The van der Waals surface area contributed by atoms with Crippen LogP contribution in [0.4, 0.5) is 0 Å². The first-order chi connectivity index (χ1) is 10.7. The van der Waals surface area contributed by atoms with E-state index in [0.717, 1.165) is 51.4 Å². The number of unbranched alkanes of at least 4 members (excludes halogenated alkanes) is 1. The Morgan fingerprint density at radius 3 is 1.45 bits per heavy atom. The molecule has 0 heterocycles. The van der Waals surface area contributed by atoms with Gasteiger partial charge in [-0.25, -0.2) is 9.59 Å². The molecule has 2 rings (SSSR count). The molecular weight excluding hydrogens is 280 g/mol. The maximum absolute atomic E-state index is 11.5. The molecule has 0 amide bonds. The number of ether oxygens (including phenoxy) is 2. The summed E-state index contributed by atoms with van der Waals surface area (Å²) in [6, 6.07) is 0. The van der Waals surface area contributed by atoms with E-state index in [1.807, 2.05) is 0 Å². The van der Waals surface area contributed by atoms with E-state index in [1.54, 1.807) is 12.2 Å². The molecule has 2 fully saturated rings. The molecular formula is C18H26O4. The van der Waals surface area contributed by atoms with Crippen molar-refractivity contribution in [1.82, 2.24) is 0 Å². The minimum atomic E-state index is -0.253. The highest BCUT2D eigenvalue weighted by Crippen LogP contribution is 2.21. The average Bonchev–Trinajstić information content (AvgIpc) is 3.16. The Morgan fingerprint density at radius 2 is 1.09 bits per heavy atom. The first kappa shape index (κ1) is 16.8. The van der Waals surface area contributed by atoms with Gasteiger partial charge in [0, 0.05) is 12.2 Å². The molecule has 4 heteroatoms. The van der Waals surface area contributed by atoms with Gasteiger partial charge in [-0.2, -0.15) is 0 Å². The normalized spacial score (nSPS) is 20.2. The number of carbonyl (C=O) groups is 2. The van der Waals surface area contributed by atoms with Crippen molar-refractivity contribution in [2.24, 2.45) is 0 Å². The molecule has 0 bridgehead atoms. The third kappa shape index (κ3) is 6.46. The first-order valence-corrected chi connectivity index (χ1v) is 8.48. The lowest BCUT2D eigenvalue weighted by molar-refractivity contribution is -0.143. The SMILES string of the molecule is O=C(C=CCCC=CC(=O)OC1CCCC1)OC1CCCC1. The van der Waals surface area contributed by atoms with Crippen molar-refractivity contribution >= 4 is 11.9 Å². The molecule has 0 aromatic heterocycles. The monoisotopic (exact) mass is 306 g/mol. The van der Waals surface area contributed by atoms with Crippen LogP contribution in [0.3, 0.4) is 0 Å². The number of esters is 2. The van der Waals surface area contributed by atoms with Crippen molar-refractivity contribution in [3.63, 3.8) is 0 Å². The molecule has 22 heavy (non-hydrogen) atoms. The van der Waals surface area contributed by atoms with Gasteiger partial charge in [0.25, 0.3) is 0 Å². The summed E-state index contributed by atoms with van der Waals surface area (Å²) in [5.74, 6) is -0.506. The highest BCUT2D eigenvalue weighted by atomic mass is 16.5. The predicted octanol–water partition coefficient (Wildman–Crippen LogP) is 3.85. The largest absolute Gasteiger partial charge is 0.459 e. The van der Waals surface area contributed by atoms with E-state index in [1.165, 1.54) is 12.2 Å². The Morgan fingerprint density at radius 1 is 0.727 bits per heavy atom. The van der Waals surface area contributed by atoms with Crippen LogP contribution >= 0.6 is 0 Å². The van der Waals surface area contributed by atoms with E-state index >= 15 is 0 Å². The topological polar surface area (TPSA) is 52.6 Å². The summed E-state index contributed by atoms with van der Waals surface area (Å²) >= 11 is 0. The molecule has 0 aromatic rings. The molecule has 0 atom stereocenters. The standard InChI is InChI=1S/C18H26O4/c19-17(21-15-9-5-6-10-15)13-3-1-2-4-14-18(20)22-16-11-7-8-12-16/h3-4,13-16H,1-2,5-12H2. The van der Waals surface area contributed by atoms with Crippen LogP contribution in [0.1, 0.15) is 64.2 Å². The molecule has 0 aliphatic heterocycles. The lowest BCUT2D eigenvalue weighted by Gasteiger charge is -2.08. The Bertz CT molecular complexity index is 373. The number of carbonyl (C=O) groups excluding carboxylic acids is 2. The molecule has 0 N–H and O–H groups in total. The van der Waals surface area contributed by atoms with Gasteiger partial charge >= 0.3 is 11.9 Å². The quantitative estimate of drug-likeness (QED) is 0.407. The zero-order valence-corrected chi connectivity index (χ0v) is 13.2. The Kier molecular flexibility index (Phi) is 7.20. The number of hydrogen-bond acceptors (Lipinski definition) is 4. The summed E-state index contributed by atoms with van der Waals surface area (Å²) in [4.78, 5) is 23.1. The summed E-state index contributed by atoms with van der Waals surface area (Å²) in [6.45, 7) is 0. The second-order valence-corrected chi connectivity index (χ2v) is 6.07. The van der Waals surface area contributed by atoms with Gasteiger partial charge in [-0.3, -0.25) is 0 Å². The zero-order chi connectivity index (χ0) is 15.6. The minimum absolute atomic E-state index is 0.113. The second-order valence-electron chi connectivity index (χ2n) is 6.07. The van der Waals surface area contributed by atoms with Crippen LogP contribution in [-0.4, -0.2) is 24.1 Å². The molecule has 0 radical (unpaired) electrons. The van der Waals surface area contributed by atoms with Crippen LogP contribution in [0.2, 0.25) is 0 Å². The van der Waals surface area contributed by atoms with Gasteiger partial charge in [0.05, 0.1) is 0 Å². The third-order valence-corrected chi connectivity index (χ3v) is 4.18. The van der Waals surface area contributed by atoms with Gasteiger partial charge in [-0.15, -0.1) is 0 Å². The number of allylic oxidation sites excluding steroid dienone is 2. The van der Waals surface area contributed by atoms with Crippen LogP contribution in [0.5, 0.6) is 0 Å². The van der Waals surface area contributed by atoms with Crippen molar-refractivity contribution in [3.05, 3.63) is 24.3 Å². The molecule has 2 saturated carbocycles. The molecule has 122 valence electrons. The highest BCUT2D eigenvalue weighted by Gasteiger charge is 2.18. The summed E-state index contributed by atoms with van der Waals surface area (Å²) in [5.41, 5.74) is 0. The number of rotatable bonds is 7. The Hall–Kier alpha value is -1.58. The molecule has 0 unspecified atom stereocenters. The van der Waals surface area contributed by atoms with Crippen molar-refractivity contribution in [1.29, 1.82) is 0 Å². The predicted molar refractivity (Wildman–Crippen MR) is 84.2 cm³/mol. The first-order valence-electron chi connectivity index (χ1n) is 8.48. The van der Waals surface area contributed by atoms with Gasteiger partial charge in [-0.05, 0) is 64.2 Å². The minimum Gasteiger partial charge on any atom is -0.459 e. The smallest absolute Gasteiger partial charge is 0.330 e. The lowest BCUT2D eigenvalue weighted by atomic mass is 10.2. The van der Waals surface area contributed by atoms with Crippen LogP contribution in [0.25, 0.3) is 0 Å². The fourth-order valence-electron chi connectivity index (χ4n) is 2.97. The second kappa shape index (κ2) is 9.44. The summed E-state index contributed by atoms with van der Waals surface area (Å²) in [7, 11) is 0. The van der Waals surface area contributed by atoms with Crippen molar-refractivity contribution in [2.45, 2.75) is 76.4 Å². The third-order valence-electron chi connectivity index (χ3n) is 4.18. The van der Waals surface area contributed by atoms with Crippen LogP contribution in [-0.2, 0) is 19.1 Å². The number of hydrogen-bond donors (Lipinski definition) is 0. The van der Waals surface area contributed by atoms with Crippen molar-refractivity contribution in [2.75, 3.05) is 0 Å². The molecule has 0 saturated heterocycles. The van der Waals surface area contributed by atoms with Crippen LogP contribution in [0, 0.1) is 0 Å². The van der Waals surface area contributed by atoms with Crippen LogP contribution in [0.15, 0.2) is 24.3 Å². The van der Waals surface area contributed by atoms with Crippen molar-refractivity contribution < 1.29 is 19.1 Å². The van der Waals surface area contributed by atoms with E-state index in [2.05, 4.69) is 0 Å². The average molecular weight is 306 g/mol. The van der Waals surface area contributed by atoms with Gasteiger partial charge < -0.3 is 9.47 Å². The van der Waals surface area contributed by atoms with Gasteiger partial charge in [0.2, 0.25) is 0 Å². The summed E-state index contributed by atoms with van der Waals surface area (Å²) in [6.07, 6.45) is 16.8. The molecule has 2 aliphatic rings. The highest BCUT2D eigenvalue weighted by molar-refractivity contribution is 5.82. The molecule has 4 nitrogen and oxygen atoms in total. The van der Waals surface area contributed by atoms with E-state index in [9.17, 15) is 9.59 Å². The fourth-order valence-corrected chi connectivity index (χ4v) is 2.97. The van der Waals surface area contributed by atoms with Gasteiger partial charge in [-0.1, -0.05) is 12.2 Å². The maximum Gasteiger partial charge on any atom is 0.330 e. The van der Waals surface area contributed by atoms with Crippen molar-refractivity contribution in [3.8, 4) is 0 Å². The van der Waals surface area contributed by atoms with Gasteiger partial charge in [0.1, 0.15) is 12.2 Å². The Labute approximate surface area is 132 Å².